The van der Waals surface area contributed by atoms with E-state index in [1.54, 1.807) is 4.90 Å². The van der Waals surface area contributed by atoms with Crippen LogP contribution in [0.2, 0.25) is 5.02 Å². The molecule has 1 aliphatic rings. The van der Waals surface area contributed by atoms with Crippen LogP contribution in [-0.2, 0) is 11.3 Å². The van der Waals surface area contributed by atoms with Gasteiger partial charge >= 0.3 is 0 Å². The molecule has 1 saturated heterocycles. The van der Waals surface area contributed by atoms with E-state index in [0.717, 1.165) is 32.2 Å². The number of rotatable bonds is 5. The SMILES string of the molecule is CC(C)N=C1S/C(=C/c2cn(Cc3ccccc3Cl)c3ccccc23)C(=O)N1C(C)C. The first-order valence-electron chi connectivity index (χ1n) is 10.5. The predicted molar refractivity (Wildman–Crippen MR) is 133 cm³/mol. The van der Waals surface area contributed by atoms with Gasteiger partial charge in [-0.3, -0.25) is 14.7 Å². The number of hydrogen-bond donors (Lipinski definition) is 0. The standard InChI is InChI=1S/C25H26ClN3OS/c1-16(2)27-25-29(17(3)4)24(30)23(31-25)13-19-15-28(22-12-8-6-10-20(19)22)14-18-9-5-7-11-21(18)26/h5-13,15-17H,14H2,1-4H3/b23-13+,27-25?. The van der Waals surface area contributed by atoms with E-state index in [2.05, 4.69) is 27.9 Å². The summed E-state index contributed by atoms with van der Waals surface area (Å²) in [5, 5.41) is 2.64. The fraction of sp³-hybridized carbons (Fsp3) is 0.280. The Bertz CT molecular complexity index is 1190. The molecule has 1 aromatic heterocycles. The Labute approximate surface area is 192 Å². The predicted octanol–water partition coefficient (Wildman–Crippen LogP) is 6.43. The number of aliphatic imine (C=N–C) groups is 1. The molecule has 6 heteroatoms. The van der Waals surface area contributed by atoms with Crippen molar-refractivity contribution in [2.24, 2.45) is 4.99 Å². The van der Waals surface area contributed by atoms with Crippen molar-refractivity contribution in [3.8, 4) is 0 Å². The van der Waals surface area contributed by atoms with Gasteiger partial charge in [0.05, 0.1) is 4.91 Å². The van der Waals surface area contributed by atoms with E-state index in [0.29, 0.717) is 11.4 Å². The number of nitrogens with zero attached hydrogens (tertiary/aromatic N) is 3. The van der Waals surface area contributed by atoms with E-state index in [4.69, 9.17) is 11.6 Å². The van der Waals surface area contributed by atoms with E-state index < -0.39 is 0 Å². The third-order valence-electron chi connectivity index (χ3n) is 5.13. The van der Waals surface area contributed by atoms with Crippen molar-refractivity contribution in [2.45, 2.75) is 46.3 Å². The molecular formula is C25H26ClN3OS. The van der Waals surface area contributed by atoms with Gasteiger partial charge in [0, 0.05) is 46.3 Å². The smallest absolute Gasteiger partial charge is 0.266 e. The number of thioether (sulfide) groups is 1. The summed E-state index contributed by atoms with van der Waals surface area (Å²) in [7, 11) is 0. The maximum Gasteiger partial charge on any atom is 0.266 e. The fourth-order valence-corrected chi connectivity index (χ4v) is 5.14. The molecule has 4 nitrogen and oxygen atoms in total. The molecule has 0 N–H and O–H groups in total. The monoisotopic (exact) mass is 451 g/mol. The number of halogens is 1. The lowest BCUT2D eigenvalue weighted by Gasteiger charge is -2.20. The summed E-state index contributed by atoms with van der Waals surface area (Å²) in [6.07, 6.45) is 4.10. The van der Waals surface area contributed by atoms with Gasteiger partial charge in [0.15, 0.2) is 5.17 Å². The molecule has 2 aromatic carbocycles. The second-order valence-corrected chi connectivity index (χ2v) is 9.62. The van der Waals surface area contributed by atoms with Gasteiger partial charge in [-0.15, -0.1) is 0 Å². The minimum absolute atomic E-state index is 0.0161. The number of carbonyl (C=O) groups excluding carboxylic acids is 1. The molecule has 0 bridgehead atoms. The minimum atomic E-state index is 0.0161. The van der Waals surface area contributed by atoms with Crippen molar-refractivity contribution in [3.63, 3.8) is 0 Å². The highest BCUT2D eigenvalue weighted by Gasteiger charge is 2.35. The van der Waals surface area contributed by atoms with Crippen molar-refractivity contribution >= 4 is 51.4 Å². The number of para-hydroxylation sites is 1. The minimum Gasteiger partial charge on any atom is -0.342 e. The summed E-state index contributed by atoms with van der Waals surface area (Å²) in [5.74, 6) is 0.0161. The van der Waals surface area contributed by atoms with E-state index >= 15 is 0 Å². The fourth-order valence-electron chi connectivity index (χ4n) is 3.73. The molecule has 0 radical (unpaired) electrons. The van der Waals surface area contributed by atoms with Crippen LogP contribution in [0, 0.1) is 0 Å². The lowest BCUT2D eigenvalue weighted by atomic mass is 10.1. The van der Waals surface area contributed by atoms with Gasteiger partial charge in [0.25, 0.3) is 5.91 Å². The molecule has 2 heterocycles. The van der Waals surface area contributed by atoms with E-state index in [-0.39, 0.29) is 18.0 Å². The van der Waals surface area contributed by atoms with Crippen molar-refractivity contribution in [1.29, 1.82) is 0 Å². The second-order valence-electron chi connectivity index (χ2n) is 8.21. The van der Waals surface area contributed by atoms with Gasteiger partial charge in [-0.1, -0.05) is 48.0 Å². The molecule has 0 aliphatic carbocycles. The van der Waals surface area contributed by atoms with E-state index in [1.807, 2.05) is 70.2 Å². The van der Waals surface area contributed by atoms with Gasteiger partial charge in [-0.05, 0) is 63.2 Å². The van der Waals surface area contributed by atoms with Gasteiger partial charge in [-0.25, -0.2) is 0 Å². The maximum atomic E-state index is 13.2. The van der Waals surface area contributed by atoms with E-state index in [1.165, 1.54) is 11.8 Å². The Kier molecular flexibility index (Phi) is 6.26. The molecule has 0 unspecified atom stereocenters. The summed E-state index contributed by atoms with van der Waals surface area (Å²) in [5.41, 5.74) is 3.20. The zero-order valence-corrected chi connectivity index (χ0v) is 19.7. The Morgan fingerprint density at radius 3 is 2.48 bits per heavy atom. The summed E-state index contributed by atoms with van der Waals surface area (Å²) in [4.78, 5) is 20.3. The van der Waals surface area contributed by atoms with Gasteiger partial charge < -0.3 is 4.57 Å². The molecular weight excluding hydrogens is 426 g/mol. The molecule has 31 heavy (non-hydrogen) atoms. The molecule has 0 spiro atoms. The van der Waals surface area contributed by atoms with E-state index in [9.17, 15) is 4.79 Å². The molecule has 0 atom stereocenters. The van der Waals surface area contributed by atoms with Crippen LogP contribution in [0.3, 0.4) is 0 Å². The highest BCUT2D eigenvalue weighted by molar-refractivity contribution is 8.18. The molecule has 1 aliphatic heterocycles. The zero-order chi connectivity index (χ0) is 22.1. The van der Waals surface area contributed by atoms with Gasteiger partial charge in [0.1, 0.15) is 0 Å². The Morgan fingerprint density at radius 1 is 1.06 bits per heavy atom. The van der Waals surface area contributed by atoms with Crippen molar-refractivity contribution in [1.82, 2.24) is 9.47 Å². The summed E-state index contributed by atoms with van der Waals surface area (Å²) in [6.45, 7) is 8.77. The number of carbonyl (C=O) groups is 1. The Balaban J connectivity index is 1.76. The number of benzene rings is 2. The van der Waals surface area contributed by atoms with Crippen LogP contribution in [0.15, 0.2) is 64.6 Å². The third kappa shape index (κ3) is 4.43. The number of hydrogen-bond acceptors (Lipinski definition) is 3. The number of amidine groups is 1. The van der Waals surface area contributed by atoms with Gasteiger partial charge in [0.2, 0.25) is 0 Å². The number of fused-ring (bicyclic) bond motifs is 1. The maximum absolute atomic E-state index is 13.2. The molecule has 1 amide bonds. The first-order chi connectivity index (χ1) is 14.8. The lowest BCUT2D eigenvalue weighted by Crippen LogP contribution is -2.35. The van der Waals surface area contributed by atoms with Crippen LogP contribution >= 0.6 is 23.4 Å². The normalized spacial score (nSPS) is 17.3. The van der Waals surface area contributed by atoms with Crippen LogP contribution < -0.4 is 0 Å². The van der Waals surface area contributed by atoms with Crippen LogP contribution in [-0.4, -0.2) is 32.6 Å². The first kappa shape index (κ1) is 21.7. The topological polar surface area (TPSA) is 37.6 Å². The van der Waals surface area contributed by atoms with Crippen LogP contribution in [0.25, 0.3) is 17.0 Å². The molecule has 1 fully saturated rings. The largest absolute Gasteiger partial charge is 0.342 e. The summed E-state index contributed by atoms with van der Waals surface area (Å²) < 4.78 is 2.19. The lowest BCUT2D eigenvalue weighted by molar-refractivity contribution is -0.123. The highest BCUT2D eigenvalue weighted by atomic mass is 35.5. The first-order valence-corrected chi connectivity index (χ1v) is 11.7. The van der Waals surface area contributed by atoms with Crippen LogP contribution in [0.5, 0.6) is 0 Å². The third-order valence-corrected chi connectivity index (χ3v) is 6.49. The molecule has 3 aromatic rings. The van der Waals surface area contributed by atoms with Crippen LogP contribution in [0.4, 0.5) is 0 Å². The Hall–Kier alpha value is -2.50. The quantitative estimate of drug-likeness (QED) is 0.419. The Morgan fingerprint density at radius 2 is 1.77 bits per heavy atom. The number of aromatic nitrogens is 1. The summed E-state index contributed by atoms with van der Waals surface area (Å²) in [6, 6.07) is 16.3. The zero-order valence-electron chi connectivity index (χ0n) is 18.2. The average Bonchev–Trinajstić information content (AvgIpc) is 3.21. The molecule has 4 rings (SSSR count). The van der Waals surface area contributed by atoms with Crippen molar-refractivity contribution < 1.29 is 4.79 Å². The molecule has 0 saturated carbocycles. The van der Waals surface area contributed by atoms with Crippen molar-refractivity contribution in [3.05, 3.63) is 75.8 Å². The van der Waals surface area contributed by atoms with Crippen LogP contribution in [0.1, 0.15) is 38.8 Å². The summed E-state index contributed by atoms with van der Waals surface area (Å²) >= 11 is 7.86. The average molecular weight is 452 g/mol. The van der Waals surface area contributed by atoms with Crippen molar-refractivity contribution in [2.75, 3.05) is 0 Å². The highest BCUT2D eigenvalue weighted by Crippen LogP contribution is 2.36. The number of amides is 1. The molecule has 160 valence electrons. The second kappa shape index (κ2) is 8.93. The van der Waals surface area contributed by atoms with Gasteiger partial charge in [-0.2, -0.15) is 0 Å².